The Morgan fingerprint density at radius 3 is 2.45 bits per heavy atom. The van der Waals surface area contributed by atoms with Gasteiger partial charge in [0.05, 0.1) is 7.11 Å². The number of unbranched alkanes of at least 4 members (excludes halogenated alkanes) is 3. The average molecular weight is 276 g/mol. The van der Waals surface area contributed by atoms with Crippen LogP contribution in [0.5, 0.6) is 5.75 Å². The summed E-state index contributed by atoms with van der Waals surface area (Å²) in [6.07, 6.45) is 10.6. The number of methoxy groups -OCH3 is 1. The molecule has 3 nitrogen and oxygen atoms in total. The van der Waals surface area contributed by atoms with Gasteiger partial charge in [-0.1, -0.05) is 30.7 Å². The van der Waals surface area contributed by atoms with Gasteiger partial charge in [0, 0.05) is 6.42 Å². The maximum atomic E-state index is 10.3. The highest BCUT2D eigenvalue weighted by Crippen LogP contribution is 2.14. The zero-order valence-electron chi connectivity index (χ0n) is 12.2. The van der Waals surface area contributed by atoms with Gasteiger partial charge in [0.15, 0.2) is 0 Å². The molecular weight excluding hydrogens is 252 g/mol. The van der Waals surface area contributed by atoms with Gasteiger partial charge < -0.3 is 9.84 Å². The van der Waals surface area contributed by atoms with Crippen molar-refractivity contribution in [1.29, 1.82) is 0 Å². The first kappa shape index (κ1) is 16.3. The van der Waals surface area contributed by atoms with Crippen molar-refractivity contribution >= 4 is 5.97 Å². The molecule has 0 saturated carbocycles. The molecule has 20 heavy (non-hydrogen) atoms. The normalized spacial score (nSPS) is 10.8. The summed E-state index contributed by atoms with van der Waals surface area (Å²) in [6, 6.07) is 8.23. The minimum atomic E-state index is -0.728. The highest BCUT2D eigenvalue weighted by atomic mass is 16.5. The Hall–Kier alpha value is -1.77. The van der Waals surface area contributed by atoms with E-state index in [1.807, 2.05) is 18.2 Å². The molecule has 0 amide bonds. The maximum absolute atomic E-state index is 10.3. The molecule has 0 saturated heterocycles. The average Bonchev–Trinajstić information content (AvgIpc) is 2.46. The van der Waals surface area contributed by atoms with Crippen molar-refractivity contribution in [2.75, 3.05) is 7.11 Å². The molecule has 0 aromatic heterocycles. The minimum absolute atomic E-state index is 0.230. The molecule has 0 unspecified atom stereocenters. The summed E-state index contributed by atoms with van der Waals surface area (Å²) in [5.74, 6) is 0.175. The van der Waals surface area contributed by atoms with Gasteiger partial charge in [0.25, 0.3) is 0 Å². The summed E-state index contributed by atoms with van der Waals surface area (Å²) in [5, 5.41) is 8.49. The van der Waals surface area contributed by atoms with Gasteiger partial charge in [0.2, 0.25) is 0 Å². The van der Waals surface area contributed by atoms with Crippen LogP contribution in [0.3, 0.4) is 0 Å². The Morgan fingerprint density at radius 1 is 1.10 bits per heavy atom. The molecule has 0 spiro atoms. The third-order valence-corrected chi connectivity index (χ3v) is 3.19. The molecule has 0 radical (unpaired) electrons. The van der Waals surface area contributed by atoms with Crippen molar-refractivity contribution in [3.05, 3.63) is 42.0 Å². The first-order valence-electron chi connectivity index (χ1n) is 7.22. The Morgan fingerprint density at radius 2 is 1.80 bits per heavy atom. The summed E-state index contributed by atoms with van der Waals surface area (Å²) in [7, 11) is 1.68. The molecule has 0 fully saturated rings. The smallest absolute Gasteiger partial charge is 0.303 e. The Kier molecular flexibility index (Phi) is 8.20. The number of carboxylic acid groups (broad SMARTS) is 1. The van der Waals surface area contributed by atoms with Crippen LogP contribution < -0.4 is 4.74 Å². The van der Waals surface area contributed by atoms with Crippen molar-refractivity contribution in [3.8, 4) is 5.75 Å². The Bertz CT molecular complexity index is 407. The van der Waals surface area contributed by atoms with Gasteiger partial charge >= 0.3 is 5.97 Å². The SMILES string of the molecule is COc1ccc(CCCCCC=CCCC(=O)O)cc1. The highest BCUT2D eigenvalue weighted by Gasteiger charge is 1.95. The molecule has 0 bridgehead atoms. The number of hydrogen-bond donors (Lipinski definition) is 1. The van der Waals surface area contributed by atoms with E-state index in [1.165, 1.54) is 24.8 Å². The van der Waals surface area contributed by atoms with E-state index in [9.17, 15) is 4.79 Å². The predicted molar refractivity (Wildman–Crippen MR) is 81.2 cm³/mol. The molecule has 0 heterocycles. The summed E-state index contributed by atoms with van der Waals surface area (Å²) >= 11 is 0. The zero-order valence-corrected chi connectivity index (χ0v) is 12.2. The molecule has 0 atom stereocenters. The fourth-order valence-corrected chi connectivity index (χ4v) is 2.00. The zero-order chi connectivity index (χ0) is 14.6. The molecule has 1 N–H and O–H groups in total. The van der Waals surface area contributed by atoms with Gasteiger partial charge in [-0.2, -0.15) is 0 Å². The van der Waals surface area contributed by atoms with Crippen LogP contribution in [0.1, 0.15) is 44.1 Å². The third kappa shape index (κ3) is 7.62. The summed E-state index contributed by atoms with van der Waals surface area (Å²) in [6.45, 7) is 0. The molecular formula is C17H24O3. The monoisotopic (exact) mass is 276 g/mol. The lowest BCUT2D eigenvalue weighted by Gasteiger charge is -2.03. The van der Waals surface area contributed by atoms with Gasteiger partial charge in [-0.3, -0.25) is 4.79 Å². The number of hydrogen-bond acceptors (Lipinski definition) is 2. The molecule has 0 aliphatic carbocycles. The van der Waals surface area contributed by atoms with Crippen molar-refractivity contribution in [3.63, 3.8) is 0 Å². The quantitative estimate of drug-likeness (QED) is 0.514. The van der Waals surface area contributed by atoms with E-state index in [-0.39, 0.29) is 6.42 Å². The topological polar surface area (TPSA) is 46.5 Å². The van der Waals surface area contributed by atoms with Crippen LogP contribution in [0.25, 0.3) is 0 Å². The van der Waals surface area contributed by atoms with Gasteiger partial charge in [-0.25, -0.2) is 0 Å². The number of aryl methyl sites for hydroxylation is 1. The molecule has 3 heteroatoms. The second-order valence-corrected chi connectivity index (χ2v) is 4.85. The fraction of sp³-hybridized carbons (Fsp3) is 0.471. The van der Waals surface area contributed by atoms with Crippen LogP contribution in [0.15, 0.2) is 36.4 Å². The number of benzene rings is 1. The van der Waals surface area contributed by atoms with Crippen LogP contribution in [0, 0.1) is 0 Å². The highest BCUT2D eigenvalue weighted by molar-refractivity contribution is 5.66. The van der Waals surface area contributed by atoms with Crippen LogP contribution in [0.2, 0.25) is 0 Å². The van der Waals surface area contributed by atoms with E-state index in [0.717, 1.165) is 18.6 Å². The van der Waals surface area contributed by atoms with E-state index in [0.29, 0.717) is 6.42 Å². The van der Waals surface area contributed by atoms with Crippen molar-refractivity contribution in [2.24, 2.45) is 0 Å². The molecule has 1 aromatic carbocycles. The second-order valence-electron chi connectivity index (χ2n) is 4.85. The lowest BCUT2D eigenvalue weighted by Crippen LogP contribution is -1.91. The minimum Gasteiger partial charge on any atom is -0.497 e. The van der Waals surface area contributed by atoms with Crippen molar-refractivity contribution in [2.45, 2.75) is 44.9 Å². The first-order chi connectivity index (χ1) is 9.72. The summed E-state index contributed by atoms with van der Waals surface area (Å²) in [5.41, 5.74) is 1.35. The van der Waals surface area contributed by atoms with Crippen LogP contribution in [-0.4, -0.2) is 18.2 Å². The van der Waals surface area contributed by atoms with E-state index in [4.69, 9.17) is 9.84 Å². The summed E-state index contributed by atoms with van der Waals surface area (Å²) in [4.78, 5) is 10.3. The summed E-state index contributed by atoms with van der Waals surface area (Å²) < 4.78 is 5.13. The second kappa shape index (κ2) is 10.1. The van der Waals surface area contributed by atoms with E-state index < -0.39 is 5.97 Å². The number of aliphatic carboxylic acids is 1. The van der Waals surface area contributed by atoms with E-state index in [1.54, 1.807) is 7.11 Å². The predicted octanol–water partition coefficient (Wildman–Crippen LogP) is 4.22. The number of ether oxygens (including phenoxy) is 1. The number of carbonyl (C=O) groups is 1. The van der Waals surface area contributed by atoms with E-state index >= 15 is 0 Å². The van der Waals surface area contributed by atoms with Crippen LogP contribution in [0.4, 0.5) is 0 Å². The largest absolute Gasteiger partial charge is 0.497 e. The van der Waals surface area contributed by atoms with Gasteiger partial charge in [0.1, 0.15) is 5.75 Å². The van der Waals surface area contributed by atoms with Crippen LogP contribution in [-0.2, 0) is 11.2 Å². The molecule has 0 aliphatic heterocycles. The van der Waals surface area contributed by atoms with Crippen molar-refractivity contribution < 1.29 is 14.6 Å². The molecule has 110 valence electrons. The number of rotatable bonds is 10. The third-order valence-electron chi connectivity index (χ3n) is 3.19. The lowest BCUT2D eigenvalue weighted by molar-refractivity contribution is -0.136. The molecule has 1 rings (SSSR count). The van der Waals surface area contributed by atoms with Gasteiger partial charge in [-0.05, 0) is 49.8 Å². The van der Waals surface area contributed by atoms with Crippen LogP contribution >= 0.6 is 0 Å². The Labute approximate surface area is 121 Å². The molecule has 0 aliphatic rings. The molecule has 1 aromatic rings. The van der Waals surface area contributed by atoms with E-state index in [2.05, 4.69) is 18.2 Å². The fourth-order valence-electron chi connectivity index (χ4n) is 2.00. The maximum Gasteiger partial charge on any atom is 0.303 e. The standard InChI is InChI=1S/C17H24O3/c1-20-16-13-11-15(12-14-16)9-7-5-3-2-4-6-8-10-17(18)19/h4,6,11-14H,2-3,5,7-10H2,1H3,(H,18,19). The lowest BCUT2D eigenvalue weighted by atomic mass is 10.1. The first-order valence-corrected chi connectivity index (χ1v) is 7.22. The number of carboxylic acids is 1. The number of allylic oxidation sites excluding steroid dienone is 2. The Balaban J connectivity index is 2.02. The van der Waals surface area contributed by atoms with Gasteiger partial charge in [-0.15, -0.1) is 0 Å². The van der Waals surface area contributed by atoms with Crippen molar-refractivity contribution in [1.82, 2.24) is 0 Å².